The predicted octanol–water partition coefficient (Wildman–Crippen LogP) is -0.548. The summed E-state index contributed by atoms with van der Waals surface area (Å²) in [7, 11) is 0. The third kappa shape index (κ3) is 9.03. The van der Waals surface area contributed by atoms with Gasteiger partial charge in [0.2, 0.25) is 17.7 Å². The quantitative estimate of drug-likeness (QED) is 0.185. The van der Waals surface area contributed by atoms with Gasteiger partial charge in [-0.2, -0.15) is 12.6 Å². The second kappa shape index (κ2) is 13.8. The van der Waals surface area contributed by atoms with Crippen LogP contribution in [-0.4, -0.2) is 69.9 Å². The summed E-state index contributed by atoms with van der Waals surface area (Å²) in [5.41, 5.74) is 6.37. The van der Waals surface area contributed by atoms with Gasteiger partial charge in [-0.25, -0.2) is 4.79 Å². The molecular formula is C22H34N4O6S. The average molecular weight is 483 g/mol. The molecule has 33 heavy (non-hydrogen) atoms. The van der Waals surface area contributed by atoms with Crippen molar-refractivity contribution in [3.05, 3.63) is 35.9 Å². The first-order valence-electron chi connectivity index (χ1n) is 10.7. The summed E-state index contributed by atoms with van der Waals surface area (Å²) in [4.78, 5) is 49.6. The van der Waals surface area contributed by atoms with Crippen LogP contribution < -0.4 is 21.7 Å². The lowest BCUT2D eigenvalue weighted by molar-refractivity contribution is -0.143. The SMILES string of the molecule is CCC(C)C(NC(=O)C(N)CS)C(=O)NC(C(=O)NC(Cc1ccccc1)C(=O)O)C(C)O. The van der Waals surface area contributed by atoms with E-state index in [1.807, 2.05) is 6.92 Å². The van der Waals surface area contributed by atoms with E-state index < -0.39 is 54.0 Å². The van der Waals surface area contributed by atoms with Crippen molar-refractivity contribution in [1.82, 2.24) is 16.0 Å². The van der Waals surface area contributed by atoms with E-state index in [1.54, 1.807) is 37.3 Å². The Bertz CT molecular complexity index is 807. The molecule has 0 radical (unpaired) electrons. The molecule has 1 rings (SSSR count). The molecule has 7 N–H and O–H groups in total. The number of rotatable bonds is 13. The number of thiol groups is 1. The summed E-state index contributed by atoms with van der Waals surface area (Å²) in [5, 5.41) is 27.0. The third-order valence-electron chi connectivity index (χ3n) is 5.29. The highest BCUT2D eigenvalue weighted by Crippen LogP contribution is 2.10. The molecular weight excluding hydrogens is 448 g/mol. The Kier molecular flexibility index (Phi) is 11.9. The number of carbonyl (C=O) groups is 4. The normalized spacial score (nSPS) is 16.4. The number of carboxylic acid groups (broad SMARTS) is 1. The lowest BCUT2D eigenvalue weighted by Gasteiger charge is -2.28. The van der Waals surface area contributed by atoms with Gasteiger partial charge in [0.1, 0.15) is 18.1 Å². The van der Waals surface area contributed by atoms with E-state index in [9.17, 15) is 29.4 Å². The molecule has 0 fully saturated rings. The molecule has 10 nitrogen and oxygen atoms in total. The molecule has 184 valence electrons. The van der Waals surface area contributed by atoms with E-state index in [0.717, 1.165) is 0 Å². The zero-order chi connectivity index (χ0) is 25.1. The molecule has 0 aromatic heterocycles. The number of aliphatic hydroxyl groups excluding tert-OH is 1. The van der Waals surface area contributed by atoms with Crippen LogP contribution >= 0.6 is 12.6 Å². The van der Waals surface area contributed by atoms with Crippen molar-refractivity contribution >= 4 is 36.3 Å². The fraction of sp³-hybridized carbons (Fsp3) is 0.545. The van der Waals surface area contributed by atoms with Gasteiger partial charge >= 0.3 is 5.97 Å². The number of carbonyl (C=O) groups excluding carboxylic acids is 3. The van der Waals surface area contributed by atoms with Gasteiger partial charge in [-0.05, 0) is 18.4 Å². The number of carboxylic acids is 1. The summed E-state index contributed by atoms with van der Waals surface area (Å²) in [6.07, 6.45) is -0.763. The molecule has 0 saturated carbocycles. The van der Waals surface area contributed by atoms with Crippen LogP contribution in [0.1, 0.15) is 32.8 Å². The van der Waals surface area contributed by atoms with Crippen LogP contribution in [0.2, 0.25) is 0 Å². The highest BCUT2D eigenvalue weighted by molar-refractivity contribution is 7.80. The zero-order valence-corrected chi connectivity index (χ0v) is 19.9. The van der Waals surface area contributed by atoms with Crippen LogP contribution in [0.4, 0.5) is 0 Å². The molecule has 0 aliphatic rings. The van der Waals surface area contributed by atoms with E-state index in [-0.39, 0.29) is 18.1 Å². The summed E-state index contributed by atoms with van der Waals surface area (Å²) in [6, 6.07) is 4.10. The Labute approximate surface area is 199 Å². The molecule has 1 aromatic rings. The number of aliphatic carboxylic acids is 1. The maximum atomic E-state index is 12.9. The predicted molar refractivity (Wildman–Crippen MR) is 127 cm³/mol. The van der Waals surface area contributed by atoms with E-state index in [0.29, 0.717) is 12.0 Å². The van der Waals surface area contributed by atoms with Gasteiger partial charge < -0.3 is 31.9 Å². The van der Waals surface area contributed by atoms with Crippen molar-refractivity contribution in [3.63, 3.8) is 0 Å². The molecule has 3 amide bonds. The molecule has 0 heterocycles. The second-order valence-electron chi connectivity index (χ2n) is 7.98. The number of aliphatic hydroxyl groups is 1. The maximum Gasteiger partial charge on any atom is 0.326 e. The van der Waals surface area contributed by atoms with Crippen molar-refractivity contribution < 1.29 is 29.4 Å². The van der Waals surface area contributed by atoms with Gasteiger partial charge in [0.15, 0.2) is 0 Å². The Hall–Kier alpha value is -2.63. The maximum absolute atomic E-state index is 12.9. The summed E-state index contributed by atoms with van der Waals surface area (Å²) < 4.78 is 0. The molecule has 0 spiro atoms. The van der Waals surface area contributed by atoms with E-state index in [4.69, 9.17) is 5.73 Å². The smallest absolute Gasteiger partial charge is 0.326 e. The molecule has 11 heteroatoms. The van der Waals surface area contributed by atoms with Crippen molar-refractivity contribution in [2.45, 2.75) is 63.9 Å². The van der Waals surface area contributed by atoms with E-state index in [1.165, 1.54) is 6.92 Å². The summed E-state index contributed by atoms with van der Waals surface area (Å²) >= 11 is 3.98. The number of nitrogens with two attached hydrogens (primary N) is 1. The Morgan fingerprint density at radius 2 is 1.52 bits per heavy atom. The Morgan fingerprint density at radius 1 is 0.970 bits per heavy atom. The van der Waals surface area contributed by atoms with Crippen molar-refractivity contribution in [1.29, 1.82) is 0 Å². The van der Waals surface area contributed by atoms with Gasteiger partial charge in [-0.15, -0.1) is 0 Å². The number of hydrogen-bond acceptors (Lipinski definition) is 7. The van der Waals surface area contributed by atoms with Crippen LogP contribution in [0.5, 0.6) is 0 Å². The Morgan fingerprint density at radius 3 is 2.00 bits per heavy atom. The van der Waals surface area contributed by atoms with Crippen LogP contribution in [0.3, 0.4) is 0 Å². The van der Waals surface area contributed by atoms with E-state index in [2.05, 4.69) is 28.6 Å². The first-order valence-corrected chi connectivity index (χ1v) is 11.4. The van der Waals surface area contributed by atoms with Crippen LogP contribution in [0, 0.1) is 5.92 Å². The molecule has 6 atom stereocenters. The minimum Gasteiger partial charge on any atom is -0.480 e. The minimum absolute atomic E-state index is 0.0234. The monoisotopic (exact) mass is 482 g/mol. The van der Waals surface area contributed by atoms with E-state index >= 15 is 0 Å². The molecule has 6 unspecified atom stereocenters. The lowest BCUT2D eigenvalue weighted by atomic mass is 9.97. The standard InChI is InChI=1S/C22H34N4O6S/c1-4-12(2)17(25-19(28)15(23)11-33)20(29)26-18(13(3)27)21(30)24-16(22(31)32)10-14-8-6-5-7-9-14/h5-9,12-13,15-18,27,33H,4,10-11,23H2,1-3H3,(H,24,30)(H,25,28)(H,26,29)(H,31,32). The van der Waals surface area contributed by atoms with Gasteiger partial charge in [0, 0.05) is 12.2 Å². The number of amides is 3. The van der Waals surface area contributed by atoms with Gasteiger partial charge in [0.05, 0.1) is 12.1 Å². The van der Waals surface area contributed by atoms with Crippen LogP contribution in [0.15, 0.2) is 30.3 Å². The summed E-state index contributed by atoms with van der Waals surface area (Å²) in [5.74, 6) is -3.60. The highest BCUT2D eigenvalue weighted by atomic mass is 32.1. The molecule has 0 aliphatic heterocycles. The zero-order valence-electron chi connectivity index (χ0n) is 19.0. The molecule has 1 aromatic carbocycles. The topological polar surface area (TPSA) is 171 Å². The number of nitrogens with one attached hydrogen (secondary N) is 3. The lowest BCUT2D eigenvalue weighted by Crippen LogP contribution is -2.61. The summed E-state index contributed by atoms with van der Waals surface area (Å²) in [6.45, 7) is 4.87. The molecule has 0 aliphatic carbocycles. The van der Waals surface area contributed by atoms with Crippen molar-refractivity contribution in [2.24, 2.45) is 11.7 Å². The van der Waals surface area contributed by atoms with Gasteiger partial charge in [-0.1, -0.05) is 50.6 Å². The average Bonchev–Trinajstić information content (AvgIpc) is 2.79. The fourth-order valence-corrected chi connectivity index (χ4v) is 3.17. The minimum atomic E-state index is -1.43. The third-order valence-corrected chi connectivity index (χ3v) is 5.68. The molecule has 0 bridgehead atoms. The van der Waals surface area contributed by atoms with Crippen LogP contribution in [0.25, 0.3) is 0 Å². The first kappa shape index (κ1) is 28.4. The Balaban J connectivity index is 2.97. The largest absolute Gasteiger partial charge is 0.480 e. The fourth-order valence-electron chi connectivity index (χ4n) is 3.00. The number of hydrogen-bond donors (Lipinski definition) is 7. The number of benzene rings is 1. The van der Waals surface area contributed by atoms with Crippen LogP contribution in [-0.2, 0) is 25.6 Å². The van der Waals surface area contributed by atoms with Crippen molar-refractivity contribution in [2.75, 3.05) is 5.75 Å². The highest BCUT2D eigenvalue weighted by Gasteiger charge is 2.34. The first-order chi connectivity index (χ1) is 15.5. The van der Waals surface area contributed by atoms with Gasteiger partial charge in [-0.3, -0.25) is 14.4 Å². The van der Waals surface area contributed by atoms with Gasteiger partial charge in [0.25, 0.3) is 0 Å². The van der Waals surface area contributed by atoms with Crippen molar-refractivity contribution in [3.8, 4) is 0 Å². The molecule has 0 saturated heterocycles. The second-order valence-corrected chi connectivity index (χ2v) is 8.34.